The molecule has 2 fully saturated rings. The zero-order valence-corrected chi connectivity index (χ0v) is 9.63. The van der Waals surface area contributed by atoms with Crippen molar-refractivity contribution in [3.63, 3.8) is 0 Å². The first kappa shape index (κ1) is 10.5. The van der Waals surface area contributed by atoms with Crippen LogP contribution in [0.5, 0.6) is 0 Å². The van der Waals surface area contributed by atoms with Crippen LogP contribution >= 0.6 is 0 Å². The molecule has 0 saturated heterocycles. The van der Waals surface area contributed by atoms with Gasteiger partial charge >= 0.3 is 0 Å². The Morgan fingerprint density at radius 2 is 1.64 bits per heavy atom. The summed E-state index contributed by atoms with van der Waals surface area (Å²) in [4.78, 5) is 0. The van der Waals surface area contributed by atoms with Gasteiger partial charge in [-0.3, -0.25) is 0 Å². The topological polar surface area (TPSA) is 20.2 Å². The van der Waals surface area contributed by atoms with Gasteiger partial charge in [-0.05, 0) is 43.4 Å². The Hall–Kier alpha value is -0.0400. The number of hydrogen-bond acceptors (Lipinski definition) is 1. The average molecular weight is 196 g/mol. The van der Waals surface area contributed by atoms with Crippen molar-refractivity contribution in [1.82, 2.24) is 0 Å². The van der Waals surface area contributed by atoms with Gasteiger partial charge in [-0.2, -0.15) is 0 Å². The van der Waals surface area contributed by atoms with Crippen molar-refractivity contribution in [3.05, 3.63) is 0 Å². The molecule has 0 aromatic rings. The van der Waals surface area contributed by atoms with Gasteiger partial charge in [-0.25, -0.2) is 0 Å². The molecule has 14 heavy (non-hydrogen) atoms. The Labute approximate surface area is 87.9 Å². The summed E-state index contributed by atoms with van der Waals surface area (Å²) in [5.41, 5.74) is -0.269. The van der Waals surface area contributed by atoms with E-state index in [-0.39, 0.29) is 5.60 Å². The quantitative estimate of drug-likeness (QED) is 0.682. The van der Waals surface area contributed by atoms with Gasteiger partial charge in [-0.15, -0.1) is 0 Å². The van der Waals surface area contributed by atoms with Gasteiger partial charge in [0.25, 0.3) is 0 Å². The first-order valence-corrected chi connectivity index (χ1v) is 6.34. The Balaban J connectivity index is 1.98. The Morgan fingerprint density at radius 1 is 1.00 bits per heavy atom. The van der Waals surface area contributed by atoms with Crippen molar-refractivity contribution >= 4 is 0 Å². The lowest BCUT2D eigenvalue weighted by Crippen LogP contribution is -2.39. The van der Waals surface area contributed by atoms with Crippen LogP contribution in [0.4, 0.5) is 0 Å². The highest BCUT2D eigenvalue weighted by atomic mass is 16.3. The van der Waals surface area contributed by atoms with Crippen LogP contribution in [0.1, 0.15) is 58.8 Å². The molecule has 1 heteroatoms. The van der Waals surface area contributed by atoms with Crippen molar-refractivity contribution in [3.8, 4) is 0 Å². The van der Waals surface area contributed by atoms with E-state index >= 15 is 0 Å². The lowest BCUT2D eigenvalue weighted by atomic mass is 9.69. The van der Waals surface area contributed by atoms with Crippen molar-refractivity contribution in [2.24, 2.45) is 17.8 Å². The van der Waals surface area contributed by atoms with Crippen molar-refractivity contribution < 1.29 is 5.11 Å². The van der Waals surface area contributed by atoms with E-state index in [0.29, 0.717) is 5.92 Å². The highest BCUT2D eigenvalue weighted by Gasteiger charge is 2.41. The minimum Gasteiger partial charge on any atom is -0.390 e. The SMILES string of the molecule is CC1CCC(C2(O)CCCC2)CC1C. The number of rotatable bonds is 1. The van der Waals surface area contributed by atoms with E-state index in [0.717, 1.165) is 24.7 Å². The Kier molecular flexibility index (Phi) is 2.88. The predicted molar refractivity (Wildman–Crippen MR) is 59.1 cm³/mol. The molecule has 2 rings (SSSR count). The van der Waals surface area contributed by atoms with E-state index in [4.69, 9.17) is 0 Å². The number of hydrogen-bond donors (Lipinski definition) is 1. The van der Waals surface area contributed by atoms with E-state index in [1.807, 2.05) is 0 Å². The van der Waals surface area contributed by atoms with Crippen LogP contribution < -0.4 is 0 Å². The number of aliphatic hydroxyl groups is 1. The fraction of sp³-hybridized carbons (Fsp3) is 1.00. The van der Waals surface area contributed by atoms with Crippen molar-refractivity contribution in [2.45, 2.75) is 64.4 Å². The zero-order chi connectivity index (χ0) is 10.2. The summed E-state index contributed by atoms with van der Waals surface area (Å²) in [6.07, 6.45) is 8.49. The van der Waals surface area contributed by atoms with Crippen LogP contribution in [0.2, 0.25) is 0 Å². The summed E-state index contributed by atoms with van der Waals surface area (Å²) in [6.45, 7) is 4.72. The minimum absolute atomic E-state index is 0.269. The molecular weight excluding hydrogens is 172 g/mol. The maximum atomic E-state index is 10.5. The molecule has 3 atom stereocenters. The van der Waals surface area contributed by atoms with E-state index in [1.165, 1.54) is 32.1 Å². The molecule has 0 amide bonds. The standard InChI is InChI=1S/C13H24O/c1-10-5-6-12(9-11(10)2)13(14)7-3-4-8-13/h10-12,14H,3-9H2,1-2H3. The van der Waals surface area contributed by atoms with Crippen LogP contribution in [0.25, 0.3) is 0 Å². The second-order valence-corrected chi connectivity index (χ2v) is 5.78. The van der Waals surface area contributed by atoms with E-state index in [1.54, 1.807) is 0 Å². The molecule has 1 nitrogen and oxygen atoms in total. The van der Waals surface area contributed by atoms with Gasteiger partial charge in [-0.1, -0.05) is 33.1 Å². The summed E-state index contributed by atoms with van der Waals surface area (Å²) in [7, 11) is 0. The third-order valence-corrected chi connectivity index (χ3v) is 4.83. The van der Waals surface area contributed by atoms with Gasteiger partial charge in [0.05, 0.1) is 5.60 Å². The molecule has 0 aromatic carbocycles. The van der Waals surface area contributed by atoms with Crippen molar-refractivity contribution in [2.75, 3.05) is 0 Å². The molecule has 0 aromatic heterocycles. The van der Waals surface area contributed by atoms with E-state index < -0.39 is 0 Å². The van der Waals surface area contributed by atoms with Gasteiger partial charge in [0.2, 0.25) is 0 Å². The first-order chi connectivity index (χ1) is 6.62. The predicted octanol–water partition coefficient (Wildman–Crippen LogP) is 3.36. The molecule has 2 aliphatic rings. The smallest absolute Gasteiger partial charge is 0.0675 e. The normalized spacial score (nSPS) is 42.6. The molecule has 3 unspecified atom stereocenters. The summed E-state index contributed by atoms with van der Waals surface area (Å²) in [5.74, 6) is 2.30. The summed E-state index contributed by atoms with van der Waals surface area (Å²) >= 11 is 0. The van der Waals surface area contributed by atoms with Crippen LogP contribution in [0, 0.1) is 17.8 Å². The van der Waals surface area contributed by atoms with E-state index in [9.17, 15) is 5.11 Å². The third kappa shape index (κ3) is 1.84. The molecule has 0 heterocycles. The lowest BCUT2D eigenvalue weighted by Gasteiger charge is -2.40. The molecule has 2 aliphatic carbocycles. The van der Waals surface area contributed by atoms with Gasteiger partial charge in [0, 0.05) is 0 Å². The Bertz CT molecular complexity index is 193. The lowest BCUT2D eigenvalue weighted by molar-refractivity contribution is -0.0413. The summed E-state index contributed by atoms with van der Waals surface area (Å²) < 4.78 is 0. The first-order valence-electron chi connectivity index (χ1n) is 6.34. The van der Waals surface area contributed by atoms with Crippen LogP contribution in [-0.2, 0) is 0 Å². The Morgan fingerprint density at radius 3 is 2.21 bits per heavy atom. The zero-order valence-electron chi connectivity index (χ0n) is 9.63. The molecule has 82 valence electrons. The minimum atomic E-state index is -0.269. The monoisotopic (exact) mass is 196 g/mol. The van der Waals surface area contributed by atoms with E-state index in [2.05, 4.69) is 13.8 Å². The summed E-state index contributed by atoms with van der Waals surface area (Å²) in [5, 5.41) is 10.5. The van der Waals surface area contributed by atoms with Crippen LogP contribution in [-0.4, -0.2) is 10.7 Å². The molecule has 0 spiro atoms. The highest BCUT2D eigenvalue weighted by Crippen LogP contribution is 2.45. The second kappa shape index (κ2) is 3.84. The van der Waals surface area contributed by atoms with Gasteiger partial charge < -0.3 is 5.11 Å². The van der Waals surface area contributed by atoms with Crippen LogP contribution in [0.15, 0.2) is 0 Å². The molecule has 2 saturated carbocycles. The van der Waals surface area contributed by atoms with Gasteiger partial charge in [0.1, 0.15) is 0 Å². The third-order valence-electron chi connectivity index (χ3n) is 4.83. The maximum absolute atomic E-state index is 10.5. The highest BCUT2D eigenvalue weighted by molar-refractivity contribution is 4.93. The van der Waals surface area contributed by atoms with Gasteiger partial charge in [0.15, 0.2) is 0 Å². The largest absolute Gasteiger partial charge is 0.390 e. The second-order valence-electron chi connectivity index (χ2n) is 5.78. The summed E-state index contributed by atoms with van der Waals surface area (Å²) in [6, 6.07) is 0. The molecule has 1 N–H and O–H groups in total. The molecule has 0 radical (unpaired) electrons. The average Bonchev–Trinajstić information content (AvgIpc) is 2.58. The maximum Gasteiger partial charge on any atom is 0.0675 e. The van der Waals surface area contributed by atoms with Crippen LogP contribution in [0.3, 0.4) is 0 Å². The van der Waals surface area contributed by atoms with Crippen molar-refractivity contribution in [1.29, 1.82) is 0 Å². The molecule has 0 bridgehead atoms. The molecule has 0 aliphatic heterocycles. The molecular formula is C13H24O. The fourth-order valence-electron chi connectivity index (χ4n) is 3.43. The fourth-order valence-corrected chi connectivity index (χ4v) is 3.43.